The Labute approximate surface area is 119 Å². The van der Waals surface area contributed by atoms with Crippen molar-refractivity contribution in [2.75, 3.05) is 0 Å². The first-order valence-electron chi connectivity index (χ1n) is 4.67. The second kappa shape index (κ2) is 12.0. The summed E-state index contributed by atoms with van der Waals surface area (Å²) in [7, 11) is 0. The van der Waals surface area contributed by atoms with Crippen molar-refractivity contribution in [3.63, 3.8) is 0 Å². The molecule has 0 amide bonds. The van der Waals surface area contributed by atoms with E-state index < -0.39 is 0 Å². The van der Waals surface area contributed by atoms with Crippen molar-refractivity contribution in [2.24, 2.45) is 0 Å². The van der Waals surface area contributed by atoms with Gasteiger partial charge in [0.2, 0.25) is 0 Å². The minimum atomic E-state index is 0. The van der Waals surface area contributed by atoms with E-state index >= 15 is 0 Å². The third kappa shape index (κ3) is 6.42. The van der Waals surface area contributed by atoms with Crippen molar-refractivity contribution < 1.29 is 50.7 Å². The Bertz CT molecular complexity index is 166. The first-order valence-corrected chi connectivity index (χ1v) is 4.67. The van der Waals surface area contributed by atoms with Gasteiger partial charge in [-0.1, -0.05) is 39.5 Å². The molecule has 0 aromatic rings. The summed E-state index contributed by atoms with van der Waals surface area (Å²) in [6.07, 6.45) is 11.8. The minimum Gasteiger partial charge on any atom is -1.00 e. The zero-order valence-electron chi connectivity index (χ0n) is 8.87. The van der Waals surface area contributed by atoms with Crippen molar-refractivity contribution in [3.05, 3.63) is 23.3 Å². The molecule has 1 rings (SSSR count). The van der Waals surface area contributed by atoms with Crippen molar-refractivity contribution in [2.45, 2.75) is 46.0 Å². The van der Waals surface area contributed by atoms with Gasteiger partial charge in [-0.25, -0.2) is 5.57 Å². The Morgan fingerprint density at radius 3 is 2.21 bits per heavy atom. The predicted octanol–water partition coefficient (Wildman–Crippen LogP) is -2.35. The van der Waals surface area contributed by atoms with Crippen LogP contribution in [0.25, 0.3) is 0 Å². The summed E-state index contributed by atoms with van der Waals surface area (Å²) in [6, 6.07) is 0. The standard InChI is InChI=1S/C11H17.2ClH.Hf/c1-3-6-10-8-5-9-11(10)7-4-2;;;/h8H,3-7H2,1-2H3;2*1H;/q-1;;;/p-2. The summed E-state index contributed by atoms with van der Waals surface area (Å²) >= 11 is 0. The monoisotopic (exact) mass is 399 g/mol. The van der Waals surface area contributed by atoms with E-state index in [2.05, 4.69) is 26.0 Å². The van der Waals surface area contributed by atoms with Crippen molar-refractivity contribution in [1.82, 2.24) is 0 Å². The third-order valence-electron chi connectivity index (χ3n) is 2.07. The van der Waals surface area contributed by atoms with E-state index in [1.165, 1.54) is 31.3 Å². The zero-order valence-corrected chi connectivity index (χ0v) is 14.0. The van der Waals surface area contributed by atoms with Crippen LogP contribution in [0.4, 0.5) is 0 Å². The molecular weight excluding hydrogens is 382 g/mol. The largest absolute Gasteiger partial charge is 1.00 e. The molecule has 14 heavy (non-hydrogen) atoms. The van der Waals surface area contributed by atoms with Gasteiger partial charge in [0.25, 0.3) is 0 Å². The van der Waals surface area contributed by atoms with Gasteiger partial charge in [-0.05, 0) is 0 Å². The fraction of sp³-hybridized carbons (Fsp3) is 0.636. The van der Waals surface area contributed by atoms with Gasteiger partial charge in [-0.2, -0.15) is 11.6 Å². The summed E-state index contributed by atoms with van der Waals surface area (Å²) in [5.41, 5.74) is 3.06. The molecule has 3 heteroatoms. The van der Waals surface area contributed by atoms with Gasteiger partial charge in [-0.15, -0.1) is 6.42 Å². The Hall–Kier alpha value is 0.930. The molecule has 0 fully saturated rings. The summed E-state index contributed by atoms with van der Waals surface area (Å²) in [6.45, 7) is 4.47. The van der Waals surface area contributed by atoms with Gasteiger partial charge in [0, 0.05) is 25.8 Å². The van der Waals surface area contributed by atoms with E-state index in [4.69, 9.17) is 0 Å². The van der Waals surface area contributed by atoms with Gasteiger partial charge in [0.05, 0.1) is 0 Å². The molecule has 1 aliphatic rings. The molecule has 0 nitrogen and oxygen atoms in total. The molecule has 0 unspecified atom stereocenters. The molecule has 0 N–H and O–H groups in total. The molecule has 0 aromatic heterocycles. The van der Waals surface area contributed by atoms with Gasteiger partial charge < -0.3 is 24.8 Å². The van der Waals surface area contributed by atoms with E-state index in [-0.39, 0.29) is 50.7 Å². The van der Waals surface area contributed by atoms with Crippen LogP contribution in [0.1, 0.15) is 46.0 Å². The average molecular weight is 399 g/mol. The molecule has 0 bridgehead atoms. The molecule has 0 atom stereocenters. The maximum Gasteiger partial charge on any atom is 0 e. The van der Waals surface area contributed by atoms with Crippen LogP contribution in [0.2, 0.25) is 0 Å². The fourth-order valence-corrected chi connectivity index (χ4v) is 1.56. The number of hydrogen-bond acceptors (Lipinski definition) is 0. The normalized spacial score (nSPS) is 13.0. The smallest absolute Gasteiger partial charge is 0 e. The molecule has 0 heterocycles. The van der Waals surface area contributed by atoms with Crippen molar-refractivity contribution in [1.29, 1.82) is 0 Å². The number of allylic oxidation sites excluding steroid dienone is 4. The van der Waals surface area contributed by atoms with Crippen LogP contribution >= 0.6 is 0 Å². The van der Waals surface area contributed by atoms with Crippen LogP contribution in [0, 0.1) is 6.08 Å². The fourth-order valence-electron chi connectivity index (χ4n) is 1.56. The molecule has 0 saturated carbocycles. The van der Waals surface area contributed by atoms with Crippen LogP contribution in [-0.4, -0.2) is 0 Å². The maximum absolute atomic E-state index is 3.42. The van der Waals surface area contributed by atoms with E-state index in [9.17, 15) is 0 Å². The maximum atomic E-state index is 3.42. The van der Waals surface area contributed by atoms with Gasteiger partial charge in [-0.3, -0.25) is 6.08 Å². The molecule has 0 radical (unpaired) electrons. The van der Waals surface area contributed by atoms with E-state index in [0.717, 1.165) is 6.42 Å². The van der Waals surface area contributed by atoms with E-state index in [1.807, 2.05) is 0 Å². The zero-order chi connectivity index (χ0) is 8.10. The first kappa shape index (κ1) is 20.4. The third-order valence-corrected chi connectivity index (χ3v) is 2.07. The van der Waals surface area contributed by atoms with Crippen LogP contribution < -0.4 is 24.8 Å². The van der Waals surface area contributed by atoms with Crippen LogP contribution in [0.5, 0.6) is 0 Å². The van der Waals surface area contributed by atoms with E-state index in [1.54, 1.807) is 5.57 Å². The molecule has 1 aliphatic carbocycles. The quantitative estimate of drug-likeness (QED) is 0.368. The van der Waals surface area contributed by atoms with Crippen LogP contribution in [-0.2, 0) is 25.8 Å². The van der Waals surface area contributed by atoms with Crippen molar-refractivity contribution >= 4 is 0 Å². The summed E-state index contributed by atoms with van der Waals surface area (Å²) in [5.74, 6) is 0. The number of rotatable bonds is 4. The van der Waals surface area contributed by atoms with Gasteiger partial charge >= 0.3 is 0 Å². The van der Waals surface area contributed by atoms with Crippen molar-refractivity contribution in [3.8, 4) is 0 Å². The molecule has 0 saturated heterocycles. The summed E-state index contributed by atoms with van der Waals surface area (Å²) in [5, 5.41) is 0. The Morgan fingerprint density at radius 1 is 1.14 bits per heavy atom. The molecular formula is C11H17Cl2Hf-3. The van der Waals surface area contributed by atoms with Gasteiger partial charge in [0.15, 0.2) is 0 Å². The predicted molar refractivity (Wildman–Crippen MR) is 49.3 cm³/mol. The Kier molecular flexibility index (Phi) is 17.5. The topological polar surface area (TPSA) is 0 Å². The Balaban J connectivity index is -0.000000403. The number of hydrogen-bond donors (Lipinski definition) is 0. The molecule has 82 valence electrons. The van der Waals surface area contributed by atoms with Crippen LogP contribution in [0.3, 0.4) is 0 Å². The molecule has 0 aromatic carbocycles. The summed E-state index contributed by atoms with van der Waals surface area (Å²) in [4.78, 5) is 0. The molecule has 0 spiro atoms. The Morgan fingerprint density at radius 2 is 1.71 bits per heavy atom. The number of halogens is 2. The SMILES string of the molecule is CCCC1=[C-]CC=C1CCC.[Cl-].[Cl-].[Hf]. The van der Waals surface area contributed by atoms with Gasteiger partial charge in [0.1, 0.15) is 0 Å². The molecule has 0 aliphatic heterocycles. The minimum absolute atomic E-state index is 0. The average Bonchev–Trinajstić information content (AvgIpc) is 2.39. The summed E-state index contributed by atoms with van der Waals surface area (Å²) < 4.78 is 0. The second-order valence-corrected chi connectivity index (χ2v) is 3.09. The van der Waals surface area contributed by atoms with Crippen LogP contribution in [0.15, 0.2) is 17.2 Å². The second-order valence-electron chi connectivity index (χ2n) is 3.09. The first-order chi connectivity index (χ1) is 5.38. The van der Waals surface area contributed by atoms with E-state index in [0.29, 0.717) is 0 Å².